The van der Waals surface area contributed by atoms with E-state index >= 15 is 0 Å². The van der Waals surface area contributed by atoms with Gasteiger partial charge in [-0.05, 0) is 31.1 Å². The Morgan fingerprint density at radius 1 is 1.47 bits per heavy atom. The predicted octanol–water partition coefficient (Wildman–Crippen LogP) is 2.61. The van der Waals surface area contributed by atoms with Crippen LogP contribution in [0.3, 0.4) is 0 Å². The molecule has 0 atom stereocenters. The third kappa shape index (κ3) is 2.36. The van der Waals surface area contributed by atoms with Crippen LogP contribution in [0, 0.1) is 0 Å². The van der Waals surface area contributed by atoms with E-state index in [2.05, 4.69) is 4.98 Å². The topological polar surface area (TPSA) is 39.2 Å². The molecule has 2 rings (SSSR count). The van der Waals surface area contributed by atoms with E-state index < -0.39 is 0 Å². The lowest BCUT2D eigenvalue weighted by atomic mass is 10.1. The number of carbonyl (C=O) groups is 1. The summed E-state index contributed by atoms with van der Waals surface area (Å²) in [6.07, 6.45) is 5.11. The zero-order valence-corrected chi connectivity index (χ0v) is 8.83. The molecule has 0 aromatic carbocycles. The number of Topliss-reactive ketones (excluding diaryl/α,β-unsaturated/α-hetero) is 1. The highest BCUT2D eigenvalue weighted by molar-refractivity contribution is 6.30. The number of carbonyl (C=O) groups excluding carboxylic acids is 1. The van der Waals surface area contributed by atoms with E-state index in [9.17, 15) is 4.79 Å². The summed E-state index contributed by atoms with van der Waals surface area (Å²) < 4.78 is 5.26. The fraction of sp³-hybridized carbons (Fsp3) is 0.273. The van der Waals surface area contributed by atoms with Crippen molar-refractivity contribution in [3.05, 3.63) is 40.9 Å². The largest absolute Gasteiger partial charge is 0.490 e. The number of aromatic nitrogens is 1. The van der Waals surface area contributed by atoms with E-state index in [4.69, 9.17) is 16.3 Å². The van der Waals surface area contributed by atoms with Crippen molar-refractivity contribution in [3.63, 3.8) is 0 Å². The first-order chi connectivity index (χ1) is 7.27. The fourth-order valence-corrected chi connectivity index (χ4v) is 1.46. The van der Waals surface area contributed by atoms with Crippen LogP contribution in [0.1, 0.15) is 23.3 Å². The van der Waals surface area contributed by atoms with Crippen molar-refractivity contribution in [2.45, 2.75) is 12.8 Å². The van der Waals surface area contributed by atoms with Gasteiger partial charge in [0.05, 0.1) is 11.6 Å². The van der Waals surface area contributed by atoms with Gasteiger partial charge in [0.15, 0.2) is 5.76 Å². The van der Waals surface area contributed by atoms with Gasteiger partial charge in [-0.25, -0.2) is 0 Å². The van der Waals surface area contributed by atoms with Gasteiger partial charge in [-0.2, -0.15) is 0 Å². The van der Waals surface area contributed by atoms with E-state index in [1.165, 1.54) is 6.20 Å². The molecule has 0 amide bonds. The summed E-state index contributed by atoms with van der Waals surface area (Å²) in [4.78, 5) is 15.8. The summed E-state index contributed by atoms with van der Waals surface area (Å²) in [5.74, 6) is 0.224. The molecule has 0 unspecified atom stereocenters. The molecule has 78 valence electrons. The van der Waals surface area contributed by atoms with Crippen molar-refractivity contribution in [1.29, 1.82) is 0 Å². The summed E-state index contributed by atoms with van der Waals surface area (Å²) in [7, 11) is 0. The van der Waals surface area contributed by atoms with E-state index in [1.807, 2.05) is 6.08 Å². The number of hydrogen-bond donors (Lipinski definition) is 0. The first-order valence-electron chi connectivity index (χ1n) is 4.76. The summed E-state index contributed by atoms with van der Waals surface area (Å²) in [5.41, 5.74) is 0.368. The van der Waals surface area contributed by atoms with Gasteiger partial charge in [-0.3, -0.25) is 9.78 Å². The molecule has 3 nitrogen and oxygen atoms in total. The molecule has 2 heterocycles. The van der Waals surface area contributed by atoms with Gasteiger partial charge in [-0.15, -0.1) is 0 Å². The standard InChI is InChI=1S/C11H10ClNO2/c12-8-4-5-9(13-7-8)11(14)10-3-1-2-6-15-10/h3-5,7H,1-2,6H2. The summed E-state index contributed by atoms with van der Waals surface area (Å²) in [5, 5.41) is 0.519. The monoisotopic (exact) mass is 223 g/mol. The molecule has 15 heavy (non-hydrogen) atoms. The van der Waals surface area contributed by atoms with Crippen LogP contribution in [0.5, 0.6) is 0 Å². The molecule has 0 fully saturated rings. The maximum Gasteiger partial charge on any atom is 0.245 e. The average Bonchev–Trinajstić information content (AvgIpc) is 2.30. The number of pyridine rings is 1. The van der Waals surface area contributed by atoms with Gasteiger partial charge in [0.25, 0.3) is 0 Å². The Labute approximate surface area is 92.7 Å². The Bertz CT molecular complexity index is 398. The van der Waals surface area contributed by atoms with Crippen LogP contribution in [0.25, 0.3) is 0 Å². The molecule has 1 aliphatic heterocycles. The van der Waals surface area contributed by atoms with Crippen molar-refractivity contribution in [2.75, 3.05) is 6.61 Å². The molecule has 0 bridgehead atoms. The van der Waals surface area contributed by atoms with E-state index in [0.717, 1.165) is 12.8 Å². The fourth-order valence-electron chi connectivity index (χ4n) is 1.35. The van der Waals surface area contributed by atoms with Crippen LogP contribution in [-0.2, 0) is 4.74 Å². The minimum absolute atomic E-state index is 0.175. The van der Waals surface area contributed by atoms with Crippen LogP contribution in [0.2, 0.25) is 5.02 Å². The van der Waals surface area contributed by atoms with E-state index in [0.29, 0.717) is 23.1 Å². The van der Waals surface area contributed by atoms with E-state index in [-0.39, 0.29) is 5.78 Å². The Morgan fingerprint density at radius 2 is 2.33 bits per heavy atom. The lowest BCUT2D eigenvalue weighted by Gasteiger charge is -2.13. The number of ketones is 1. The van der Waals surface area contributed by atoms with Crippen molar-refractivity contribution >= 4 is 17.4 Å². The van der Waals surface area contributed by atoms with Crippen LogP contribution < -0.4 is 0 Å². The van der Waals surface area contributed by atoms with Crippen molar-refractivity contribution in [1.82, 2.24) is 4.98 Å². The number of rotatable bonds is 2. The van der Waals surface area contributed by atoms with Crippen molar-refractivity contribution in [3.8, 4) is 0 Å². The smallest absolute Gasteiger partial charge is 0.245 e. The molecule has 1 aromatic heterocycles. The maximum absolute atomic E-state index is 11.8. The second kappa shape index (κ2) is 4.45. The molecule has 1 aliphatic rings. The molecule has 0 spiro atoms. The van der Waals surface area contributed by atoms with Gasteiger partial charge in [0, 0.05) is 6.20 Å². The number of ether oxygens (including phenoxy) is 1. The predicted molar refractivity (Wildman–Crippen MR) is 56.8 cm³/mol. The second-order valence-corrected chi connectivity index (χ2v) is 3.69. The van der Waals surface area contributed by atoms with Gasteiger partial charge < -0.3 is 4.74 Å². The zero-order chi connectivity index (χ0) is 10.7. The van der Waals surface area contributed by atoms with Crippen LogP contribution in [0.4, 0.5) is 0 Å². The first-order valence-corrected chi connectivity index (χ1v) is 5.14. The highest BCUT2D eigenvalue weighted by Crippen LogP contribution is 2.15. The molecule has 0 aliphatic carbocycles. The molecule has 1 aromatic rings. The lowest BCUT2D eigenvalue weighted by molar-refractivity contribution is 0.0894. The number of nitrogens with zero attached hydrogens (tertiary/aromatic N) is 1. The van der Waals surface area contributed by atoms with Crippen molar-refractivity contribution < 1.29 is 9.53 Å². The maximum atomic E-state index is 11.8. The normalized spacial score (nSPS) is 15.4. The average molecular weight is 224 g/mol. The molecule has 4 heteroatoms. The number of halogens is 1. The molecule has 0 N–H and O–H groups in total. The Hall–Kier alpha value is -1.35. The molecular weight excluding hydrogens is 214 g/mol. The van der Waals surface area contributed by atoms with Crippen LogP contribution in [-0.4, -0.2) is 17.4 Å². The highest BCUT2D eigenvalue weighted by atomic mass is 35.5. The number of allylic oxidation sites excluding steroid dienone is 2. The number of hydrogen-bond acceptors (Lipinski definition) is 3. The Kier molecular flexibility index (Phi) is 3.02. The summed E-state index contributed by atoms with van der Waals surface area (Å²) in [6.45, 7) is 0.602. The SMILES string of the molecule is O=C(C1=CCCCO1)c1ccc(Cl)cn1. The van der Waals surface area contributed by atoms with Gasteiger partial charge in [0.1, 0.15) is 5.69 Å². The molecular formula is C11H10ClNO2. The molecule has 0 saturated heterocycles. The minimum atomic E-state index is -0.175. The first kappa shape index (κ1) is 10.2. The van der Waals surface area contributed by atoms with Gasteiger partial charge >= 0.3 is 0 Å². The molecule has 0 saturated carbocycles. The Balaban J connectivity index is 2.20. The second-order valence-electron chi connectivity index (χ2n) is 3.25. The summed E-state index contributed by atoms with van der Waals surface area (Å²) in [6, 6.07) is 3.24. The third-order valence-corrected chi connectivity index (χ3v) is 2.34. The minimum Gasteiger partial charge on any atom is -0.490 e. The highest BCUT2D eigenvalue weighted by Gasteiger charge is 2.16. The van der Waals surface area contributed by atoms with Crippen molar-refractivity contribution in [2.24, 2.45) is 0 Å². The van der Waals surface area contributed by atoms with Crippen LogP contribution >= 0.6 is 11.6 Å². The van der Waals surface area contributed by atoms with Gasteiger partial charge in [-0.1, -0.05) is 11.6 Å². The molecule has 0 radical (unpaired) electrons. The lowest BCUT2D eigenvalue weighted by Crippen LogP contribution is -2.12. The Morgan fingerprint density at radius 3 is 2.93 bits per heavy atom. The third-order valence-electron chi connectivity index (χ3n) is 2.12. The zero-order valence-electron chi connectivity index (χ0n) is 8.07. The summed E-state index contributed by atoms with van der Waals surface area (Å²) >= 11 is 5.68. The quantitative estimate of drug-likeness (QED) is 0.724. The van der Waals surface area contributed by atoms with E-state index in [1.54, 1.807) is 12.1 Å². The van der Waals surface area contributed by atoms with Crippen LogP contribution in [0.15, 0.2) is 30.2 Å². The van der Waals surface area contributed by atoms with Gasteiger partial charge in [0.2, 0.25) is 5.78 Å².